The van der Waals surface area contributed by atoms with E-state index in [1.54, 1.807) is 0 Å². The second-order valence-electron chi connectivity index (χ2n) is 7.59. The molecule has 0 aliphatic heterocycles. The lowest BCUT2D eigenvalue weighted by molar-refractivity contribution is 0.299. The summed E-state index contributed by atoms with van der Waals surface area (Å²) in [6.45, 7) is 5.32. The van der Waals surface area contributed by atoms with E-state index in [1.807, 2.05) is 54.3 Å². The van der Waals surface area contributed by atoms with Crippen molar-refractivity contribution in [3.8, 4) is 5.75 Å². The molecule has 3 aromatic rings. The van der Waals surface area contributed by atoms with Gasteiger partial charge in [-0.3, -0.25) is 4.68 Å². The Hall–Kier alpha value is -2.73. The van der Waals surface area contributed by atoms with Crippen LogP contribution in [-0.2, 0) is 6.54 Å². The molecule has 1 fully saturated rings. The van der Waals surface area contributed by atoms with Crippen molar-refractivity contribution in [1.29, 1.82) is 0 Å². The fourth-order valence-corrected chi connectivity index (χ4v) is 3.17. The number of rotatable bonds is 9. The van der Waals surface area contributed by atoms with Gasteiger partial charge >= 0.3 is 0 Å². The van der Waals surface area contributed by atoms with Crippen molar-refractivity contribution in [3.05, 3.63) is 64.6 Å². The third kappa shape index (κ3) is 5.64. The van der Waals surface area contributed by atoms with E-state index in [0.717, 1.165) is 41.0 Å². The molecule has 1 aliphatic carbocycles. The molecule has 0 amide bonds. The van der Waals surface area contributed by atoms with Crippen LogP contribution in [0.2, 0.25) is 5.02 Å². The Morgan fingerprint density at radius 1 is 1.38 bits per heavy atom. The molecule has 0 spiro atoms. The van der Waals surface area contributed by atoms with Crippen LogP contribution >= 0.6 is 11.6 Å². The zero-order valence-electron chi connectivity index (χ0n) is 16.6. The number of hydrogen-bond donors (Lipinski definition) is 1. The maximum absolute atomic E-state index is 6.44. The minimum atomic E-state index is 0.112. The molecular formula is C22H25ClN4O2. The molecule has 1 aromatic carbocycles. The van der Waals surface area contributed by atoms with Gasteiger partial charge in [-0.05, 0) is 50.3 Å². The highest BCUT2D eigenvalue weighted by atomic mass is 35.5. The van der Waals surface area contributed by atoms with Gasteiger partial charge in [0.05, 0.1) is 19.3 Å². The Kier molecular flexibility index (Phi) is 5.90. The van der Waals surface area contributed by atoms with E-state index in [0.29, 0.717) is 11.6 Å². The first-order valence-electron chi connectivity index (χ1n) is 9.87. The van der Waals surface area contributed by atoms with Crippen LogP contribution in [-0.4, -0.2) is 27.6 Å². The van der Waals surface area contributed by atoms with Crippen LogP contribution in [0.4, 0.5) is 5.82 Å². The van der Waals surface area contributed by atoms with Crippen LogP contribution in [0.1, 0.15) is 36.7 Å². The van der Waals surface area contributed by atoms with Crippen molar-refractivity contribution in [2.75, 3.05) is 11.9 Å². The van der Waals surface area contributed by atoms with Crippen LogP contribution in [0.5, 0.6) is 5.75 Å². The topological polar surface area (TPSA) is 65.1 Å². The predicted molar refractivity (Wildman–Crippen MR) is 114 cm³/mol. The summed E-state index contributed by atoms with van der Waals surface area (Å²) in [6, 6.07) is 7.86. The van der Waals surface area contributed by atoms with E-state index in [1.165, 1.54) is 12.8 Å². The van der Waals surface area contributed by atoms with Gasteiger partial charge in [-0.1, -0.05) is 35.0 Å². The van der Waals surface area contributed by atoms with Gasteiger partial charge in [0.2, 0.25) is 0 Å². The normalized spacial score (nSPS) is 15.0. The largest absolute Gasteiger partial charge is 0.493 e. The smallest absolute Gasteiger partial charge is 0.170 e. The molecule has 0 bridgehead atoms. The number of anilines is 1. The molecule has 1 N–H and O–H groups in total. The van der Waals surface area contributed by atoms with Crippen molar-refractivity contribution < 1.29 is 9.26 Å². The fraction of sp³-hybridized carbons (Fsp3) is 0.364. The summed E-state index contributed by atoms with van der Waals surface area (Å²) in [7, 11) is 0. The monoisotopic (exact) mass is 412 g/mol. The van der Waals surface area contributed by atoms with Gasteiger partial charge in [-0.25, -0.2) is 0 Å². The van der Waals surface area contributed by atoms with Crippen LogP contribution < -0.4 is 10.1 Å². The molecule has 152 valence electrons. The standard InChI is InChI=1S/C22H25ClN4O2/c1-15(25-22-9-16(2)29-26-22)3-4-18-11-24-27(12-18)13-19-7-8-20(10-21(19)23)28-14-17-5-6-17/h3-4,7-12,15,17H,5-6,13-14H2,1-2H3,(H,25,26)/b4-3+/t15-/m0/s1. The van der Waals surface area contributed by atoms with Gasteiger partial charge < -0.3 is 14.6 Å². The molecule has 0 saturated heterocycles. The van der Waals surface area contributed by atoms with Gasteiger partial charge in [0, 0.05) is 28.9 Å². The second kappa shape index (κ2) is 8.74. The Morgan fingerprint density at radius 3 is 2.97 bits per heavy atom. The lowest BCUT2D eigenvalue weighted by atomic mass is 10.2. The fourth-order valence-electron chi connectivity index (χ4n) is 2.94. The third-order valence-corrected chi connectivity index (χ3v) is 5.13. The number of nitrogens with one attached hydrogen (secondary N) is 1. The average Bonchev–Trinajstić information content (AvgIpc) is 3.28. The Bertz CT molecular complexity index is 990. The van der Waals surface area contributed by atoms with Gasteiger partial charge in [0.15, 0.2) is 5.82 Å². The first-order valence-corrected chi connectivity index (χ1v) is 10.2. The molecular weight excluding hydrogens is 388 g/mol. The zero-order chi connectivity index (χ0) is 20.2. The van der Waals surface area contributed by atoms with Crippen LogP contribution in [0.25, 0.3) is 6.08 Å². The van der Waals surface area contributed by atoms with Gasteiger partial charge in [0.25, 0.3) is 0 Å². The van der Waals surface area contributed by atoms with Crippen molar-refractivity contribution in [1.82, 2.24) is 14.9 Å². The molecule has 2 aromatic heterocycles. The highest BCUT2D eigenvalue weighted by Gasteiger charge is 2.22. The number of nitrogens with zero attached hydrogens (tertiary/aromatic N) is 3. The average molecular weight is 413 g/mol. The van der Waals surface area contributed by atoms with E-state index >= 15 is 0 Å². The number of aromatic nitrogens is 3. The van der Waals surface area contributed by atoms with E-state index < -0.39 is 0 Å². The summed E-state index contributed by atoms with van der Waals surface area (Å²) in [5, 5.41) is 12.3. The molecule has 7 heteroatoms. The summed E-state index contributed by atoms with van der Waals surface area (Å²) >= 11 is 6.44. The van der Waals surface area contributed by atoms with Crippen LogP contribution in [0.3, 0.4) is 0 Å². The number of halogens is 1. The van der Waals surface area contributed by atoms with Crippen molar-refractivity contribution >= 4 is 23.5 Å². The molecule has 4 rings (SSSR count). The maximum atomic E-state index is 6.44. The summed E-state index contributed by atoms with van der Waals surface area (Å²) in [4.78, 5) is 0. The van der Waals surface area contributed by atoms with E-state index in [4.69, 9.17) is 20.9 Å². The number of hydrogen-bond acceptors (Lipinski definition) is 5. The van der Waals surface area contributed by atoms with Crippen molar-refractivity contribution in [2.45, 2.75) is 39.3 Å². The lowest BCUT2D eigenvalue weighted by Gasteiger charge is -2.09. The second-order valence-corrected chi connectivity index (χ2v) is 8.00. The van der Waals surface area contributed by atoms with Crippen LogP contribution in [0, 0.1) is 12.8 Å². The first kappa shape index (κ1) is 19.6. The predicted octanol–water partition coefficient (Wildman–Crippen LogP) is 5.18. The number of benzene rings is 1. The Labute approximate surface area is 175 Å². The van der Waals surface area contributed by atoms with Crippen molar-refractivity contribution in [2.24, 2.45) is 5.92 Å². The minimum Gasteiger partial charge on any atom is -0.493 e. The van der Waals surface area contributed by atoms with Gasteiger partial charge in [0.1, 0.15) is 11.5 Å². The summed E-state index contributed by atoms with van der Waals surface area (Å²) in [6.07, 6.45) is 10.5. The van der Waals surface area contributed by atoms with Crippen LogP contribution in [0.15, 0.2) is 47.3 Å². The zero-order valence-corrected chi connectivity index (χ0v) is 17.4. The quantitative estimate of drug-likeness (QED) is 0.524. The highest BCUT2D eigenvalue weighted by Crippen LogP contribution is 2.30. The summed E-state index contributed by atoms with van der Waals surface area (Å²) in [5.41, 5.74) is 2.04. The number of ether oxygens (including phenoxy) is 1. The van der Waals surface area contributed by atoms with E-state index in [-0.39, 0.29) is 6.04 Å². The molecule has 29 heavy (non-hydrogen) atoms. The molecule has 1 aliphatic rings. The van der Waals surface area contributed by atoms with Gasteiger partial charge in [-0.15, -0.1) is 0 Å². The molecule has 0 unspecified atom stereocenters. The SMILES string of the molecule is Cc1cc(N[C@@H](C)/C=C/c2cnn(Cc3ccc(OCC4CC4)cc3Cl)c2)no1. The lowest BCUT2D eigenvalue weighted by Crippen LogP contribution is -2.11. The molecule has 0 radical (unpaired) electrons. The molecule has 6 nitrogen and oxygen atoms in total. The number of aryl methyl sites for hydroxylation is 1. The third-order valence-electron chi connectivity index (χ3n) is 4.77. The van der Waals surface area contributed by atoms with E-state index in [9.17, 15) is 0 Å². The maximum Gasteiger partial charge on any atom is 0.170 e. The summed E-state index contributed by atoms with van der Waals surface area (Å²) < 4.78 is 12.7. The highest BCUT2D eigenvalue weighted by molar-refractivity contribution is 6.31. The van der Waals surface area contributed by atoms with E-state index in [2.05, 4.69) is 28.6 Å². The Balaban J connectivity index is 1.32. The van der Waals surface area contributed by atoms with Gasteiger partial charge in [-0.2, -0.15) is 5.10 Å². The molecule has 1 saturated carbocycles. The summed E-state index contributed by atoms with van der Waals surface area (Å²) in [5.74, 6) is 3.07. The van der Waals surface area contributed by atoms with Crippen molar-refractivity contribution in [3.63, 3.8) is 0 Å². The molecule has 1 atom stereocenters. The Morgan fingerprint density at radius 2 is 2.24 bits per heavy atom. The molecule has 2 heterocycles. The first-order chi connectivity index (χ1) is 14.0. The minimum absolute atomic E-state index is 0.112.